The zero-order valence-corrected chi connectivity index (χ0v) is 15.0. The summed E-state index contributed by atoms with van der Waals surface area (Å²) in [6, 6.07) is 9.46. The molecule has 2 amide bonds. The van der Waals surface area contributed by atoms with Crippen LogP contribution in [-0.4, -0.2) is 51.2 Å². The largest absolute Gasteiger partial charge is 0.372 e. The minimum Gasteiger partial charge on any atom is -0.372 e. The summed E-state index contributed by atoms with van der Waals surface area (Å²) in [6.07, 6.45) is 2.72. The highest BCUT2D eigenvalue weighted by Gasteiger charge is 2.33. The van der Waals surface area contributed by atoms with E-state index in [-0.39, 0.29) is 17.7 Å². The Hall–Kier alpha value is -2.41. The Kier molecular flexibility index (Phi) is 5.03. The highest BCUT2D eigenvalue weighted by atomic mass is 16.5. The van der Waals surface area contributed by atoms with E-state index < -0.39 is 0 Å². The lowest BCUT2D eigenvalue weighted by atomic mass is 10.0. The number of para-hydroxylation sites is 1. The number of nitrogens with one attached hydrogen (secondary N) is 1. The van der Waals surface area contributed by atoms with Gasteiger partial charge in [-0.15, -0.1) is 5.10 Å². The molecule has 1 aliphatic rings. The molecule has 0 aliphatic carbocycles. The average molecular weight is 343 g/mol. The number of morpholine rings is 1. The third kappa shape index (κ3) is 3.99. The topological polar surface area (TPSA) is 72.3 Å². The molecular formula is C18H25N5O2. The Morgan fingerprint density at radius 2 is 2.16 bits per heavy atom. The standard InChI is InChI=1S/C18H25N5O2/c1-4-18(3)13-22(10-11-25-18)17(24)19-14(2)16-12-23(21-20-16)15-8-6-5-7-9-15/h5-9,12,14H,4,10-11,13H2,1-3H3,(H,19,24)/t14-,18+/m0/s1. The van der Waals surface area contributed by atoms with Gasteiger partial charge in [-0.2, -0.15) is 0 Å². The molecule has 0 spiro atoms. The first-order valence-corrected chi connectivity index (χ1v) is 8.68. The molecule has 1 aliphatic heterocycles. The van der Waals surface area contributed by atoms with Crippen LogP contribution in [-0.2, 0) is 4.74 Å². The van der Waals surface area contributed by atoms with Crippen LogP contribution in [0, 0.1) is 0 Å². The Bertz CT molecular complexity index is 717. The summed E-state index contributed by atoms with van der Waals surface area (Å²) in [4.78, 5) is 14.4. The van der Waals surface area contributed by atoms with E-state index >= 15 is 0 Å². The number of urea groups is 1. The molecule has 25 heavy (non-hydrogen) atoms. The average Bonchev–Trinajstić information content (AvgIpc) is 3.13. The molecule has 1 aromatic carbocycles. The number of hydrogen-bond donors (Lipinski definition) is 1. The first-order chi connectivity index (χ1) is 12.0. The zero-order chi connectivity index (χ0) is 17.9. The summed E-state index contributed by atoms with van der Waals surface area (Å²) in [5.41, 5.74) is 1.39. The summed E-state index contributed by atoms with van der Waals surface area (Å²) in [6.45, 7) is 7.80. The molecular weight excluding hydrogens is 318 g/mol. The van der Waals surface area contributed by atoms with Crippen molar-refractivity contribution in [2.45, 2.75) is 38.8 Å². The number of nitrogens with zero attached hydrogens (tertiary/aromatic N) is 4. The smallest absolute Gasteiger partial charge is 0.318 e. The second-order valence-electron chi connectivity index (χ2n) is 6.67. The fraction of sp³-hybridized carbons (Fsp3) is 0.500. The van der Waals surface area contributed by atoms with Crippen LogP contribution in [0.15, 0.2) is 36.5 Å². The van der Waals surface area contributed by atoms with Gasteiger partial charge in [0.2, 0.25) is 0 Å². The van der Waals surface area contributed by atoms with Crippen LogP contribution in [0.25, 0.3) is 5.69 Å². The van der Waals surface area contributed by atoms with E-state index in [0.717, 1.165) is 17.8 Å². The molecule has 1 N–H and O–H groups in total. The van der Waals surface area contributed by atoms with E-state index in [2.05, 4.69) is 22.6 Å². The van der Waals surface area contributed by atoms with Crippen LogP contribution in [0.3, 0.4) is 0 Å². The zero-order valence-electron chi connectivity index (χ0n) is 15.0. The van der Waals surface area contributed by atoms with Crippen LogP contribution in [0.5, 0.6) is 0 Å². The Labute approximate surface area is 148 Å². The van der Waals surface area contributed by atoms with Gasteiger partial charge in [-0.1, -0.05) is 30.3 Å². The lowest BCUT2D eigenvalue weighted by Crippen LogP contribution is -2.54. The van der Waals surface area contributed by atoms with Gasteiger partial charge in [0.1, 0.15) is 5.69 Å². The van der Waals surface area contributed by atoms with E-state index in [1.165, 1.54) is 0 Å². The quantitative estimate of drug-likeness (QED) is 0.926. The predicted octanol–water partition coefficient (Wildman–Crippen LogP) is 2.54. The van der Waals surface area contributed by atoms with Crippen molar-refractivity contribution in [3.63, 3.8) is 0 Å². The highest BCUT2D eigenvalue weighted by Crippen LogP contribution is 2.21. The summed E-state index contributed by atoms with van der Waals surface area (Å²) in [5.74, 6) is 0. The van der Waals surface area contributed by atoms with Crippen LogP contribution >= 0.6 is 0 Å². The molecule has 1 fully saturated rings. The van der Waals surface area contributed by atoms with E-state index in [9.17, 15) is 4.79 Å². The van der Waals surface area contributed by atoms with Gasteiger partial charge in [0.15, 0.2) is 0 Å². The number of aromatic nitrogens is 3. The first-order valence-electron chi connectivity index (χ1n) is 8.68. The lowest BCUT2D eigenvalue weighted by Gasteiger charge is -2.40. The fourth-order valence-electron chi connectivity index (χ4n) is 2.85. The van der Waals surface area contributed by atoms with Gasteiger partial charge in [0.05, 0.1) is 36.7 Å². The van der Waals surface area contributed by atoms with Crippen LogP contribution < -0.4 is 5.32 Å². The maximum absolute atomic E-state index is 12.6. The summed E-state index contributed by atoms with van der Waals surface area (Å²) in [5, 5.41) is 11.3. The van der Waals surface area contributed by atoms with Crippen molar-refractivity contribution in [1.82, 2.24) is 25.2 Å². The summed E-state index contributed by atoms with van der Waals surface area (Å²) < 4.78 is 7.50. The van der Waals surface area contributed by atoms with Crippen molar-refractivity contribution < 1.29 is 9.53 Å². The SMILES string of the molecule is CC[C@]1(C)CN(C(=O)N[C@@H](C)c2cn(-c3ccccc3)nn2)CCO1. The number of rotatable bonds is 4. The molecule has 2 aromatic rings. The molecule has 2 atom stereocenters. The van der Waals surface area contributed by atoms with Crippen LogP contribution in [0.4, 0.5) is 4.79 Å². The highest BCUT2D eigenvalue weighted by molar-refractivity contribution is 5.74. The third-order valence-electron chi connectivity index (χ3n) is 4.69. The fourth-order valence-corrected chi connectivity index (χ4v) is 2.85. The molecule has 0 saturated carbocycles. The Balaban J connectivity index is 1.63. The van der Waals surface area contributed by atoms with E-state index in [1.54, 1.807) is 4.68 Å². The van der Waals surface area contributed by atoms with E-state index in [0.29, 0.717) is 19.7 Å². The van der Waals surface area contributed by atoms with Crippen molar-refractivity contribution in [2.24, 2.45) is 0 Å². The second-order valence-corrected chi connectivity index (χ2v) is 6.67. The number of carbonyl (C=O) groups excluding carboxylic acids is 1. The van der Waals surface area contributed by atoms with Gasteiger partial charge < -0.3 is 15.0 Å². The summed E-state index contributed by atoms with van der Waals surface area (Å²) in [7, 11) is 0. The van der Waals surface area contributed by atoms with Gasteiger partial charge in [-0.05, 0) is 32.4 Å². The van der Waals surface area contributed by atoms with Crippen molar-refractivity contribution in [2.75, 3.05) is 19.7 Å². The molecule has 134 valence electrons. The number of amides is 2. The molecule has 7 nitrogen and oxygen atoms in total. The molecule has 1 aromatic heterocycles. The van der Waals surface area contributed by atoms with Crippen molar-refractivity contribution >= 4 is 6.03 Å². The molecule has 3 rings (SSSR count). The van der Waals surface area contributed by atoms with Gasteiger partial charge in [0.25, 0.3) is 0 Å². The third-order valence-corrected chi connectivity index (χ3v) is 4.69. The van der Waals surface area contributed by atoms with Crippen molar-refractivity contribution in [3.05, 3.63) is 42.2 Å². The van der Waals surface area contributed by atoms with Gasteiger partial charge in [-0.3, -0.25) is 0 Å². The maximum atomic E-state index is 12.6. The van der Waals surface area contributed by atoms with Gasteiger partial charge in [-0.25, -0.2) is 9.48 Å². The normalized spacial score (nSPS) is 21.8. The minimum absolute atomic E-state index is 0.0928. The van der Waals surface area contributed by atoms with Crippen molar-refractivity contribution in [1.29, 1.82) is 0 Å². The molecule has 0 radical (unpaired) electrons. The predicted molar refractivity (Wildman–Crippen MR) is 94.5 cm³/mol. The molecule has 7 heteroatoms. The summed E-state index contributed by atoms with van der Waals surface area (Å²) >= 11 is 0. The molecule has 0 unspecified atom stereocenters. The number of carbonyl (C=O) groups is 1. The van der Waals surface area contributed by atoms with E-state index in [1.807, 2.05) is 55.3 Å². The molecule has 0 bridgehead atoms. The van der Waals surface area contributed by atoms with E-state index in [4.69, 9.17) is 4.74 Å². The first kappa shape index (κ1) is 17.4. The second kappa shape index (κ2) is 7.23. The number of hydrogen-bond acceptors (Lipinski definition) is 4. The maximum Gasteiger partial charge on any atom is 0.318 e. The number of benzene rings is 1. The van der Waals surface area contributed by atoms with Crippen molar-refractivity contribution in [3.8, 4) is 5.69 Å². The monoisotopic (exact) mass is 343 g/mol. The van der Waals surface area contributed by atoms with Gasteiger partial charge >= 0.3 is 6.03 Å². The molecule has 2 heterocycles. The molecule has 1 saturated heterocycles. The minimum atomic E-state index is -0.269. The Morgan fingerprint density at radius 3 is 2.88 bits per heavy atom. The number of ether oxygens (including phenoxy) is 1. The van der Waals surface area contributed by atoms with Gasteiger partial charge in [0, 0.05) is 6.54 Å². The van der Waals surface area contributed by atoms with Crippen LogP contribution in [0.1, 0.15) is 38.9 Å². The lowest BCUT2D eigenvalue weighted by molar-refractivity contribution is -0.0874. The Morgan fingerprint density at radius 1 is 1.40 bits per heavy atom. The van der Waals surface area contributed by atoms with Crippen LogP contribution in [0.2, 0.25) is 0 Å².